The zero-order valence-corrected chi connectivity index (χ0v) is 16.4. The molecule has 4 nitrogen and oxygen atoms in total. The van der Waals surface area contributed by atoms with Gasteiger partial charge in [0, 0.05) is 17.5 Å². The maximum atomic E-state index is 9.53. The molecule has 0 heterocycles. The summed E-state index contributed by atoms with van der Waals surface area (Å²) in [6.45, 7) is 4.68. The average Bonchev–Trinajstić information content (AvgIpc) is 2.70. The second-order valence-electron chi connectivity index (χ2n) is 6.80. The molecule has 0 fully saturated rings. The van der Waals surface area contributed by atoms with Gasteiger partial charge in [-0.15, -0.1) is 0 Å². The summed E-state index contributed by atoms with van der Waals surface area (Å²) >= 11 is 0. The summed E-state index contributed by atoms with van der Waals surface area (Å²) in [6.07, 6.45) is 3.54. The molecule has 4 heteroatoms. The summed E-state index contributed by atoms with van der Waals surface area (Å²) in [7, 11) is 0. The molecule has 27 heavy (non-hydrogen) atoms. The van der Waals surface area contributed by atoms with Crippen LogP contribution < -0.4 is 9.47 Å². The Morgan fingerprint density at radius 3 is 2.30 bits per heavy atom. The SMILES string of the molecule is CCCCOc1cc(OC(CCC)C(CO)CO)ccc1-c1ccccc1. The lowest BCUT2D eigenvalue weighted by molar-refractivity contribution is 0.0419. The Bertz CT molecular complexity index is 653. The van der Waals surface area contributed by atoms with Gasteiger partial charge in [0.05, 0.1) is 19.8 Å². The first-order valence-electron chi connectivity index (χ1n) is 9.94. The van der Waals surface area contributed by atoms with Gasteiger partial charge in [-0.25, -0.2) is 0 Å². The molecule has 2 rings (SSSR count). The van der Waals surface area contributed by atoms with Crippen LogP contribution in [0.3, 0.4) is 0 Å². The zero-order chi connectivity index (χ0) is 19.5. The Labute approximate surface area is 162 Å². The molecule has 0 spiro atoms. The first kappa shape index (κ1) is 21.3. The predicted molar refractivity (Wildman–Crippen MR) is 109 cm³/mol. The van der Waals surface area contributed by atoms with E-state index in [1.54, 1.807) is 0 Å². The molecule has 2 aromatic carbocycles. The normalized spacial score (nSPS) is 12.2. The third-order valence-electron chi connectivity index (χ3n) is 4.65. The lowest BCUT2D eigenvalue weighted by Gasteiger charge is -2.25. The molecule has 2 aromatic rings. The molecule has 0 saturated carbocycles. The van der Waals surface area contributed by atoms with E-state index in [-0.39, 0.29) is 25.2 Å². The van der Waals surface area contributed by atoms with Crippen molar-refractivity contribution in [3.8, 4) is 22.6 Å². The molecule has 0 radical (unpaired) electrons. The smallest absolute Gasteiger partial charge is 0.130 e. The Hall–Kier alpha value is -2.04. The fraction of sp³-hybridized carbons (Fsp3) is 0.478. The lowest BCUT2D eigenvalue weighted by atomic mass is 10.00. The van der Waals surface area contributed by atoms with Crippen LogP contribution in [0.15, 0.2) is 48.5 Å². The van der Waals surface area contributed by atoms with Crippen LogP contribution in [0.1, 0.15) is 39.5 Å². The van der Waals surface area contributed by atoms with Gasteiger partial charge in [-0.1, -0.05) is 57.0 Å². The van der Waals surface area contributed by atoms with Gasteiger partial charge < -0.3 is 19.7 Å². The van der Waals surface area contributed by atoms with Crippen molar-refractivity contribution >= 4 is 0 Å². The molecule has 0 bridgehead atoms. The van der Waals surface area contributed by atoms with E-state index in [2.05, 4.69) is 26.0 Å². The maximum absolute atomic E-state index is 9.53. The third kappa shape index (κ3) is 6.26. The second kappa shape index (κ2) is 11.6. The van der Waals surface area contributed by atoms with Crippen LogP contribution in [0.5, 0.6) is 11.5 Å². The first-order chi connectivity index (χ1) is 13.2. The van der Waals surface area contributed by atoms with Gasteiger partial charge in [0.2, 0.25) is 0 Å². The Kier molecular flexibility index (Phi) is 9.16. The summed E-state index contributed by atoms with van der Waals surface area (Å²) in [5.74, 6) is 1.21. The highest BCUT2D eigenvalue weighted by Gasteiger charge is 2.22. The van der Waals surface area contributed by atoms with E-state index in [0.29, 0.717) is 12.4 Å². The van der Waals surface area contributed by atoms with Crippen molar-refractivity contribution in [3.05, 3.63) is 48.5 Å². The number of hydrogen-bond acceptors (Lipinski definition) is 4. The monoisotopic (exact) mass is 372 g/mol. The minimum absolute atomic E-state index is 0.0941. The van der Waals surface area contributed by atoms with E-state index in [4.69, 9.17) is 9.47 Å². The molecule has 148 valence electrons. The molecule has 0 aliphatic carbocycles. The Balaban J connectivity index is 2.27. The number of ether oxygens (including phenoxy) is 2. The molecule has 0 aliphatic heterocycles. The van der Waals surface area contributed by atoms with Crippen LogP contribution >= 0.6 is 0 Å². The summed E-state index contributed by atoms with van der Waals surface area (Å²) in [5.41, 5.74) is 2.14. The lowest BCUT2D eigenvalue weighted by Crippen LogP contribution is -2.32. The fourth-order valence-corrected chi connectivity index (χ4v) is 3.02. The number of hydrogen-bond donors (Lipinski definition) is 2. The van der Waals surface area contributed by atoms with Crippen LogP contribution in [0.25, 0.3) is 11.1 Å². The molecule has 0 aromatic heterocycles. The van der Waals surface area contributed by atoms with Crippen LogP contribution in [-0.2, 0) is 0 Å². The maximum Gasteiger partial charge on any atom is 0.130 e. The fourth-order valence-electron chi connectivity index (χ4n) is 3.02. The van der Waals surface area contributed by atoms with E-state index in [1.165, 1.54) is 0 Å². The van der Waals surface area contributed by atoms with Crippen LogP contribution in [-0.4, -0.2) is 36.1 Å². The minimum Gasteiger partial charge on any atom is -0.493 e. The van der Waals surface area contributed by atoms with Crippen LogP contribution in [0, 0.1) is 5.92 Å². The predicted octanol–water partition coefficient (Wildman–Crippen LogP) is 4.68. The van der Waals surface area contributed by atoms with E-state index >= 15 is 0 Å². The molecule has 1 unspecified atom stereocenters. The average molecular weight is 373 g/mol. The van der Waals surface area contributed by atoms with Crippen molar-refractivity contribution in [2.45, 2.75) is 45.6 Å². The molecular formula is C23H32O4. The van der Waals surface area contributed by atoms with Gasteiger partial charge in [-0.05, 0) is 30.5 Å². The zero-order valence-electron chi connectivity index (χ0n) is 16.4. The largest absolute Gasteiger partial charge is 0.493 e. The van der Waals surface area contributed by atoms with E-state index < -0.39 is 0 Å². The highest BCUT2D eigenvalue weighted by molar-refractivity contribution is 5.71. The van der Waals surface area contributed by atoms with Crippen molar-refractivity contribution in [2.24, 2.45) is 5.92 Å². The molecule has 1 atom stereocenters. The highest BCUT2D eigenvalue weighted by Crippen LogP contribution is 2.34. The molecule has 2 N–H and O–H groups in total. The Morgan fingerprint density at radius 1 is 0.926 bits per heavy atom. The standard InChI is InChI=1S/C23H32O4/c1-3-5-14-26-23-15-20(27-22(9-4-2)19(16-24)17-25)12-13-21(23)18-10-7-6-8-11-18/h6-8,10-13,15,19,22,24-25H,3-5,9,14,16-17H2,1-2H3. The summed E-state index contributed by atoms with van der Waals surface area (Å²) in [5, 5.41) is 19.1. The van der Waals surface area contributed by atoms with Gasteiger partial charge >= 0.3 is 0 Å². The topological polar surface area (TPSA) is 58.9 Å². The quantitative estimate of drug-likeness (QED) is 0.531. The van der Waals surface area contributed by atoms with E-state index in [9.17, 15) is 10.2 Å². The van der Waals surface area contributed by atoms with Gasteiger partial charge in [-0.3, -0.25) is 0 Å². The van der Waals surface area contributed by atoms with Crippen molar-refractivity contribution in [1.82, 2.24) is 0 Å². The first-order valence-corrected chi connectivity index (χ1v) is 9.94. The van der Waals surface area contributed by atoms with Crippen molar-refractivity contribution in [3.63, 3.8) is 0 Å². The van der Waals surface area contributed by atoms with Gasteiger partial charge in [0.25, 0.3) is 0 Å². The molecule has 0 aliphatic rings. The highest BCUT2D eigenvalue weighted by atomic mass is 16.5. The Morgan fingerprint density at radius 2 is 1.67 bits per heavy atom. The second-order valence-corrected chi connectivity index (χ2v) is 6.80. The van der Waals surface area contributed by atoms with Crippen molar-refractivity contribution < 1.29 is 19.7 Å². The number of unbranched alkanes of at least 4 members (excludes halogenated alkanes) is 1. The van der Waals surface area contributed by atoms with Crippen molar-refractivity contribution in [2.75, 3.05) is 19.8 Å². The van der Waals surface area contributed by atoms with Crippen LogP contribution in [0.2, 0.25) is 0 Å². The summed E-state index contributed by atoms with van der Waals surface area (Å²) in [6, 6.07) is 16.0. The number of rotatable bonds is 12. The molecule has 0 amide bonds. The third-order valence-corrected chi connectivity index (χ3v) is 4.65. The number of benzene rings is 2. The van der Waals surface area contributed by atoms with E-state index in [1.807, 2.05) is 36.4 Å². The summed E-state index contributed by atoms with van der Waals surface area (Å²) in [4.78, 5) is 0. The number of aliphatic hydroxyl groups is 2. The molecular weight excluding hydrogens is 340 g/mol. The number of aliphatic hydroxyl groups excluding tert-OH is 2. The minimum atomic E-state index is -0.289. The van der Waals surface area contributed by atoms with E-state index in [0.717, 1.165) is 42.6 Å². The van der Waals surface area contributed by atoms with Gasteiger partial charge in [0.15, 0.2) is 0 Å². The van der Waals surface area contributed by atoms with Crippen molar-refractivity contribution in [1.29, 1.82) is 0 Å². The van der Waals surface area contributed by atoms with Gasteiger partial charge in [-0.2, -0.15) is 0 Å². The van der Waals surface area contributed by atoms with Gasteiger partial charge in [0.1, 0.15) is 17.6 Å². The summed E-state index contributed by atoms with van der Waals surface area (Å²) < 4.78 is 12.2. The molecule has 0 saturated heterocycles. The van der Waals surface area contributed by atoms with Crippen LogP contribution in [0.4, 0.5) is 0 Å².